The van der Waals surface area contributed by atoms with Crippen LogP contribution >= 0.6 is 105 Å². The van der Waals surface area contributed by atoms with E-state index in [0.29, 0.717) is 94.7 Å². The lowest BCUT2D eigenvalue weighted by Gasteiger charge is -2.09. The van der Waals surface area contributed by atoms with E-state index in [1.165, 1.54) is 70.6 Å². The first-order valence-corrected chi connectivity index (χ1v) is 28.5. The maximum atomic E-state index is 13.3. The number of thioether (sulfide) groups is 2. The van der Waals surface area contributed by atoms with Gasteiger partial charge in [0.2, 0.25) is 20.6 Å². The van der Waals surface area contributed by atoms with Crippen LogP contribution in [0.1, 0.15) is 27.8 Å². The number of rotatable bonds is 14. The van der Waals surface area contributed by atoms with E-state index < -0.39 is 11.7 Å². The zero-order valence-corrected chi connectivity index (χ0v) is 46.8. The lowest BCUT2D eigenvalue weighted by Crippen LogP contribution is -2.05. The number of hydrogen-bond acceptors (Lipinski definition) is 18. The van der Waals surface area contributed by atoms with E-state index in [0.717, 1.165) is 45.5 Å². The van der Waals surface area contributed by atoms with E-state index in [4.69, 9.17) is 34.8 Å². The normalized spacial score (nSPS) is 11.5. The maximum absolute atomic E-state index is 13.3. The Hall–Kier alpha value is -5.64. The van der Waals surface area contributed by atoms with Gasteiger partial charge in [0, 0.05) is 49.5 Å². The van der Waals surface area contributed by atoms with E-state index in [1.54, 1.807) is 37.3 Å². The number of H-pyrrole nitrogens is 4. The Morgan fingerprint density at radius 1 is 0.360 bits per heavy atom. The fraction of sp³-hybridized carbons (Fsp3) is 0.149. The summed E-state index contributed by atoms with van der Waals surface area (Å²) in [7, 11) is 0. The van der Waals surface area contributed by atoms with E-state index in [1.807, 2.05) is 69.7 Å². The molecule has 0 bridgehead atoms. The summed E-state index contributed by atoms with van der Waals surface area (Å²) in [5, 5.41) is 36.0. The lowest BCUT2D eigenvalue weighted by molar-refractivity contribution is -0.137. The molecule has 0 amide bonds. The predicted octanol–water partition coefficient (Wildman–Crippen LogP) is 14.4. The molecular weight excluding hydrogens is 1140 g/mol. The highest BCUT2D eigenvalue weighted by molar-refractivity contribution is 8.00. The summed E-state index contributed by atoms with van der Waals surface area (Å²) < 4.78 is 39.8. The van der Waals surface area contributed by atoms with Crippen LogP contribution in [0.3, 0.4) is 0 Å². The van der Waals surface area contributed by atoms with Crippen LogP contribution in [0.5, 0.6) is 0 Å². The second-order valence-electron chi connectivity index (χ2n) is 16.0. The Bertz CT molecular complexity index is 3510. The van der Waals surface area contributed by atoms with Crippen LogP contribution in [0.2, 0.25) is 15.1 Å². The highest BCUT2D eigenvalue weighted by Crippen LogP contribution is 2.37. The Labute approximate surface area is 466 Å². The van der Waals surface area contributed by atoms with Crippen LogP contribution in [-0.2, 0) is 6.18 Å². The van der Waals surface area contributed by atoms with Gasteiger partial charge in [0.05, 0.1) is 5.56 Å². The Morgan fingerprint density at radius 2 is 0.667 bits per heavy atom. The van der Waals surface area contributed by atoms with Crippen LogP contribution in [0.25, 0.3) is 45.6 Å². The number of aromatic amines is 4. The average Bonchev–Trinajstić information content (AvgIpc) is 4.20. The first kappa shape index (κ1) is 54.2. The maximum Gasteiger partial charge on any atom is 0.416 e. The van der Waals surface area contributed by atoms with Crippen molar-refractivity contribution in [2.75, 3.05) is 12.5 Å². The van der Waals surface area contributed by atoms with Crippen molar-refractivity contribution in [3.8, 4) is 45.6 Å². The highest BCUT2D eigenvalue weighted by atomic mass is 35.5. The van der Waals surface area contributed by atoms with Gasteiger partial charge in [-0.1, -0.05) is 75.5 Å². The Kier molecular flexibility index (Phi) is 17.1. The van der Waals surface area contributed by atoms with Crippen LogP contribution in [-0.4, -0.2) is 93.2 Å². The largest absolute Gasteiger partial charge is 0.416 e. The molecule has 10 aromatic rings. The second kappa shape index (κ2) is 23.7. The van der Waals surface area contributed by atoms with Gasteiger partial charge in [0.25, 0.3) is 0 Å². The van der Waals surface area contributed by atoms with E-state index in [9.17, 15) is 13.2 Å². The number of alkyl halides is 3. The monoisotopic (exact) mass is 1180 g/mol. The summed E-state index contributed by atoms with van der Waals surface area (Å²) in [5.41, 5.74) is 5.90. The van der Waals surface area contributed by atoms with Crippen LogP contribution in [0.15, 0.2) is 136 Å². The average molecular weight is 1180 g/mol. The third-order valence-electron chi connectivity index (χ3n) is 9.95. The molecule has 4 aromatic carbocycles. The molecule has 0 aliphatic rings. The van der Waals surface area contributed by atoms with Crippen LogP contribution in [0, 0.1) is 27.7 Å². The highest BCUT2D eigenvalue weighted by Gasteiger charge is 2.31. The molecule has 0 aliphatic heterocycles. The van der Waals surface area contributed by atoms with Gasteiger partial charge in [-0.15, -0.1) is 20.4 Å². The summed E-state index contributed by atoms with van der Waals surface area (Å²) in [6.07, 6.45) is -0.674. The molecule has 28 heteroatoms. The molecule has 0 aliphatic carbocycles. The first-order valence-electron chi connectivity index (χ1n) is 21.7. The number of aryl methyl sites for hydroxylation is 4. The fourth-order valence-electron chi connectivity index (χ4n) is 6.98. The van der Waals surface area contributed by atoms with Crippen molar-refractivity contribution in [2.24, 2.45) is 0 Å². The molecule has 10 rings (SSSR count). The van der Waals surface area contributed by atoms with Gasteiger partial charge in [-0.05, 0) is 165 Å². The first-order chi connectivity index (χ1) is 35.9. The van der Waals surface area contributed by atoms with Gasteiger partial charge >= 0.3 is 6.18 Å². The lowest BCUT2D eigenvalue weighted by atomic mass is 10.1. The van der Waals surface area contributed by atoms with Crippen LogP contribution in [0.4, 0.5) is 13.2 Å². The number of halogens is 6. The van der Waals surface area contributed by atoms with Gasteiger partial charge in [0.1, 0.15) is 20.1 Å². The SMILES string of the molecule is CSc1nc(Sc2n[nH]c(-c3cc(C)cc(C)c3)n2)cc(Sc2n[nH]c(-c3cc(C)cc(C(F)(F)F)c3)n2)n1.CSc1nc(Sc2n[nH]c(-c3cc(C)cc(Cl)c3)n2)cc(Sc2n[nH]c(-c3cc(Cl)cc(Cl)c3)n2)n1. The zero-order valence-electron chi connectivity index (χ0n) is 39.7. The minimum atomic E-state index is -4.45. The molecule has 382 valence electrons. The standard InChI is InChI=1S/C25H21F3N8S3.C22H15Cl3N8S3/c1-12-5-13(2)7-15(6-12)20-31-23(35-33-20)38-18-11-19(30-22(29-18)37-4)39-24-32-21(34-36-24)16-8-14(3)9-17(10-16)25(26,27)28;1-10-3-11(5-13(23)4-10)18-28-21(32-30-18)35-16-9-17(27-20(26-16)34-2)36-22-29-19(31-33-22)12-6-14(24)8-15(25)7-12/h5-11H,1-4H3,(H,31,33,35)(H,32,34,36);3-9H,1-2H3,(H,28,30,32)(H,29,31,33). The molecule has 4 N–H and O–H groups in total. The van der Waals surface area contributed by atoms with Crippen molar-refractivity contribution >= 4 is 105 Å². The molecule has 16 nitrogen and oxygen atoms in total. The van der Waals surface area contributed by atoms with Gasteiger partial charge in [0.15, 0.2) is 33.6 Å². The summed E-state index contributed by atoms with van der Waals surface area (Å²) in [4.78, 5) is 36.3. The molecule has 0 atom stereocenters. The Balaban J connectivity index is 0.000000184. The third-order valence-corrected chi connectivity index (χ3v) is 14.8. The third kappa shape index (κ3) is 14.4. The molecule has 6 aromatic heterocycles. The molecule has 0 radical (unpaired) electrons. The van der Waals surface area contributed by atoms with Crippen LogP contribution < -0.4 is 0 Å². The molecular formula is C47H36Cl3F3N16S6. The van der Waals surface area contributed by atoms with Crippen molar-refractivity contribution in [3.63, 3.8) is 0 Å². The molecule has 6 heterocycles. The molecule has 0 spiro atoms. The molecule has 0 unspecified atom stereocenters. The van der Waals surface area contributed by atoms with Crippen molar-refractivity contribution < 1.29 is 13.2 Å². The van der Waals surface area contributed by atoms with Gasteiger partial charge < -0.3 is 0 Å². The topological polar surface area (TPSA) is 218 Å². The van der Waals surface area contributed by atoms with Gasteiger partial charge in [-0.25, -0.2) is 39.9 Å². The fourth-order valence-corrected chi connectivity index (χ4v) is 11.8. The van der Waals surface area contributed by atoms with Crippen molar-refractivity contribution in [3.05, 3.63) is 128 Å². The van der Waals surface area contributed by atoms with E-state index >= 15 is 0 Å². The molecule has 0 fully saturated rings. The van der Waals surface area contributed by atoms with E-state index in [-0.39, 0.29) is 5.82 Å². The smallest absolute Gasteiger partial charge is 0.258 e. The van der Waals surface area contributed by atoms with Crippen molar-refractivity contribution in [1.29, 1.82) is 0 Å². The van der Waals surface area contributed by atoms with Crippen molar-refractivity contribution in [2.45, 2.75) is 84.9 Å². The van der Waals surface area contributed by atoms with Gasteiger partial charge in [-0.2, -0.15) is 13.2 Å². The number of benzene rings is 4. The van der Waals surface area contributed by atoms with E-state index in [2.05, 4.69) is 86.7 Å². The quantitative estimate of drug-likeness (QED) is 0.0452. The second-order valence-corrected chi connectivity index (χ2v) is 22.8. The number of hydrogen-bond donors (Lipinski definition) is 4. The molecule has 75 heavy (non-hydrogen) atoms. The summed E-state index contributed by atoms with van der Waals surface area (Å²) >= 11 is 26.3. The molecule has 0 saturated heterocycles. The minimum absolute atomic E-state index is 0.236. The predicted molar refractivity (Wildman–Crippen MR) is 290 cm³/mol. The summed E-state index contributed by atoms with van der Waals surface area (Å²) in [5.74, 6) is 2.09. The van der Waals surface area contributed by atoms with Crippen molar-refractivity contribution in [1.82, 2.24) is 80.7 Å². The molecule has 0 saturated carbocycles. The minimum Gasteiger partial charge on any atom is -0.258 e. The number of nitrogens with one attached hydrogen (secondary N) is 4. The summed E-state index contributed by atoms with van der Waals surface area (Å²) in [6, 6.07) is 24.5. The van der Waals surface area contributed by atoms with Gasteiger partial charge in [-0.3, -0.25) is 20.4 Å². The Morgan fingerprint density at radius 3 is 1.01 bits per heavy atom. The number of nitrogens with zero attached hydrogens (tertiary/aromatic N) is 12. The zero-order chi connectivity index (χ0) is 53.0. The summed E-state index contributed by atoms with van der Waals surface area (Å²) in [6.45, 7) is 7.65. The number of aromatic nitrogens is 16.